The van der Waals surface area contributed by atoms with Gasteiger partial charge in [-0.05, 0) is 37.8 Å². The van der Waals surface area contributed by atoms with Gasteiger partial charge in [0.25, 0.3) is 0 Å². The smallest absolute Gasteiger partial charge is 0.411 e. The Kier molecular flexibility index (Phi) is 5.61. The van der Waals surface area contributed by atoms with Crippen molar-refractivity contribution in [1.29, 1.82) is 0 Å². The average molecular weight is 371 g/mol. The molecule has 0 spiro atoms. The first-order valence-electron chi connectivity index (χ1n) is 8.98. The molecule has 6 heteroatoms. The highest BCUT2D eigenvalue weighted by Gasteiger charge is 2.41. The highest BCUT2D eigenvalue weighted by molar-refractivity contribution is 6.07. The minimum atomic E-state index is -1.45. The Morgan fingerprint density at radius 3 is 2.22 bits per heavy atom. The first-order chi connectivity index (χ1) is 12.3. The number of Topliss-reactive ketones (excluding diaryl/α,β-unsaturated/α-hetero) is 1. The van der Waals surface area contributed by atoms with E-state index in [4.69, 9.17) is 10.5 Å². The number of amides is 1. The monoisotopic (exact) mass is 371 g/mol. The van der Waals surface area contributed by atoms with Crippen molar-refractivity contribution in [3.63, 3.8) is 0 Å². The van der Waals surface area contributed by atoms with Crippen LogP contribution in [0.2, 0.25) is 0 Å². The number of alkyl carbamates (subject to hydrolysis) is 1. The molecule has 3 N–H and O–H groups in total. The molecule has 146 valence electrons. The van der Waals surface area contributed by atoms with Gasteiger partial charge in [0.1, 0.15) is 11.1 Å². The number of carbonyl (C=O) groups is 2. The Bertz CT molecular complexity index is 780. The first kappa shape index (κ1) is 20.8. The lowest BCUT2D eigenvalue weighted by atomic mass is 9.83. The molecule has 0 bridgehead atoms. The van der Waals surface area contributed by atoms with Crippen molar-refractivity contribution >= 4 is 18.1 Å². The lowest BCUT2D eigenvalue weighted by Crippen LogP contribution is -2.57. The Morgan fingerprint density at radius 2 is 1.70 bits per heavy atom. The minimum absolute atomic E-state index is 0.0134. The van der Waals surface area contributed by atoms with Crippen molar-refractivity contribution < 1.29 is 14.3 Å². The number of allylic oxidation sites excluding steroid dienone is 1. The third kappa shape index (κ3) is 5.04. The number of hydrogen-bond donors (Lipinski definition) is 2. The molecule has 1 aliphatic rings. The molecule has 1 aromatic carbocycles. The lowest BCUT2D eigenvalue weighted by molar-refractivity contribution is 0.0537. The Hall–Kier alpha value is -2.47. The maximum absolute atomic E-state index is 13.1. The summed E-state index contributed by atoms with van der Waals surface area (Å²) in [5, 5.41) is 2.62. The Labute approximate surface area is 160 Å². The molecular formula is C21H29N3O3. The van der Waals surface area contributed by atoms with Crippen LogP contribution in [0.25, 0.3) is 0 Å². The molecule has 1 unspecified atom stereocenters. The van der Waals surface area contributed by atoms with Gasteiger partial charge in [-0.3, -0.25) is 15.1 Å². The zero-order chi connectivity index (χ0) is 20.5. The largest absolute Gasteiger partial charge is 0.444 e. The number of nitrogens with one attached hydrogen (secondary N) is 1. The fourth-order valence-corrected chi connectivity index (χ4v) is 2.70. The number of nitrogens with zero attached hydrogens (tertiary/aromatic N) is 1. The molecule has 2 rings (SSSR count). The highest BCUT2D eigenvalue weighted by atomic mass is 16.6. The normalized spacial score (nSPS) is 20.0. The predicted octanol–water partition coefficient (Wildman–Crippen LogP) is 3.36. The van der Waals surface area contributed by atoms with Crippen LogP contribution in [0.3, 0.4) is 0 Å². The number of ether oxygens (including phenoxy) is 1. The molecule has 1 aliphatic heterocycles. The summed E-state index contributed by atoms with van der Waals surface area (Å²) in [6.07, 6.45) is 2.40. The van der Waals surface area contributed by atoms with Crippen molar-refractivity contribution in [2.45, 2.75) is 58.1 Å². The quantitative estimate of drug-likeness (QED) is 0.797. The summed E-state index contributed by atoms with van der Waals surface area (Å²) in [6.45, 7) is 11.7. The fraction of sp³-hybridized carbons (Fsp3) is 0.476. The zero-order valence-corrected chi connectivity index (χ0v) is 16.9. The van der Waals surface area contributed by atoms with E-state index in [0.717, 1.165) is 5.56 Å². The fourth-order valence-electron chi connectivity index (χ4n) is 2.70. The van der Waals surface area contributed by atoms with Gasteiger partial charge < -0.3 is 10.5 Å². The van der Waals surface area contributed by atoms with Crippen LogP contribution in [-0.2, 0) is 10.2 Å². The van der Waals surface area contributed by atoms with E-state index in [-0.39, 0.29) is 23.4 Å². The third-order valence-electron chi connectivity index (χ3n) is 4.22. The van der Waals surface area contributed by atoms with Gasteiger partial charge >= 0.3 is 6.09 Å². The first-order valence-corrected chi connectivity index (χ1v) is 8.98. The second-order valence-electron chi connectivity index (χ2n) is 8.82. The molecule has 27 heavy (non-hydrogen) atoms. The number of hydrogen-bond acceptors (Lipinski definition) is 5. The van der Waals surface area contributed by atoms with E-state index >= 15 is 0 Å². The van der Waals surface area contributed by atoms with Crippen LogP contribution in [0.1, 0.15) is 57.5 Å². The number of benzene rings is 1. The molecule has 0 aliphatic carbocycles. The summed E-state index contributed by atoms with van der Waals surface area (Å²) in [6, 6.07) is 7.38. The van der Waals surface area contributed by atoms with E-state index in [1.54, 1.807) is 32.9 Å². The van der Waals surface area contributed by atoms with Crippen molar-refractivity contribution in [3.8, 4) is 0 Å². The van der Waals surface area contributed by atoms with Gasteiger partial charge in [0, 0.05) is 11.8 Å². The Morgan fingerprint density at radius 1 is 1.11 bits per heavy atom. The number of aliphatic imine (C=N–C) groups is 1. The van der Waals surface area contributed by atoms with E-state index in [2.05, 4.69) is 31.1 Å². The molecule has 0 fully saturated rings. The second-order valence-corrected chi connectivity index (χ2v) is 8.82. The van der Waals surface area contributed by atoms with Gasteiger partial charge in [-0.15, -0.1) is 0 Å². The molecule has 0 saturated carbocycles. The predicted molar refractivity (Wildman–Crippen MR) is 107 cm³/mol. The van der Waals surface area contributed by atoms with Crippen molar-refractivity contribution in [1.82, 2.24) is 5.32 Å². The Balaban J connectivity index is 2.26. The van der Waals surface area contributed by atoms with Gasteiger partial charge in [-0.2, -0.15) is 0 Å². The average Bonchev–Trinajstić information content (AvgIpc) is 2.54. The SMILES string of the molecule is CC(C)(C)OC(=O)NC1=CC=NCC1(N)C(=O)c1ccc(C(C)(C)C)cc1. The van der Waals surface area contributed by atoms with E-state index in [1.807, 2.05) is 12.1 Å². The van der Waals surface area contributed by atoms with Crippen molar-refractivity contribution in [2.75, 3.05) is 6.54 Å². The molecule has 0 aromatic heterocycles. The van der Waals surface area contributed by atoms with Gasteiger partial charge in [0.15, 0.2) is 5.78 Å². The summed E-state index contributed by atoms with van der Waals surface area (Å²) in [4.78, 5) is 29.4. The highest BCUT2D eigenvalue weighted by Crippen LogP contribution is 2.25. The molecule has 0 saturated heterocycles. The van der Waals surface area contributed by atoms with Crippen molar-refractivity contribution in [3.05, 3.63) is 47.2 Å². The van der Waals surface area contributed by atoms with Crippen LogP contribution < -0.4 is 11.1 Å². The van der Waals surface area contributed by atoms with Crippen LogP contribution in [0, 0.1) is 0 Å². The summed E-state index contributed by atoms with van der Waals surface area (Å²) < 4.78 is 5.27. The zero-order valence-electron chi connectivity index (χ0n) is 16.9. The summed E-state index contributed by atoms with van der Waals surface area (Å²) in [5.41, 5.74) is 6.16. The van der Waals surface area contributed by atoms with Gasteiger partial charge in [-0.1, -0.05) is 45.0 Å². The molecular weight excluding hydrogens is 342 g/mol. The molecule has 0 radical (unpaired) electrons. The third-order valence-corrected chi connectivity index (χ3v) is 4.22. The van der Waals surface area contributed by atoms with Crippen LogP contribution in [-0.4, -0.2) is 35.8 Å². The standard InChI is InChI=1S/C21H29N3O3/c1-19(2,3)15-9-7-14(8-10-15)17(25)21(22)13-23-12-11-16(21)24-18(26)27-20(4,5)6/h7-12H,13,22H2,1-6H3,(H,24,26). The summed E-state index contributed by atoms with van der Waals surface area (Å²) >= 11 is 0. The van der Waals surface area contributed by atoms with Crippen LogP contribution >= 0.6 is 0 Å². The second kappa shape index (κ2) is 7.27. The lowest BCUT2D eigenvalue weighted by Gasteiger charge is -2.32. The molecule has 1 amide bonds. The van der Waals surface area contributed by atoms with Crippen molar-refractivity contribution in [2.24, 2.45) is 10.7 Å². The van der Waals surface area contributed by atoms with E-state index in [0.29, 0.717) is 5.56 Å². The number of rotatable bonds is 3. The molecule has 6 nitrogen and oxygen atoms in total. The summed E-state index contributed by atoms with van der Waals surface area (Å²) in [5.74, 6) is -0.304. The minimum Gasteiger partial charge on any atom is -0.444 e. The van der Waals surface area contributed by atoms with Gasteiger partial charge in [0.2, 0.25) is 0 Å². The topological polar surface area (TPSA) is 93.8 Å². The van der Waals surface area contributed by atoms with Crippen LogP contribution in [0.4, 0.5) is 4.79 Å². The van der Waals surface area contributed by atoms with E-state index in [1.165, 1.54) is 12.3 Å². The van der Waals surface area contributed by atoms with E-state index < -0.39 is 17.2 Å². The number of nitrogens with two attached hydrogens (primary N) is 1. The number of carbonyl (C=O) groups excluding carboxylic acids is 2. The molecule has 1 atom stereocenters. The van der Waals surface area contributed by atoms with Crippen LogP contribution in [0.15, 0.2) is 41.0 Å². The van der Waals surface area contributed by atoms with E-state index in [9.17, 15) is 9.59 Å². The maximum atomic E-state index is 13.1. The molecule has 1 heterocycles. The number of dihydropyridines is 1. The van der Waals surface area contributed by atoms with Gasteiger partial charge in [0.05, 0.1) is 12.2 Å². The van der Waals surface area contributed by atoms with Gasteiger partial charge in [-0.25, -0.2) is 4.79 Å². The molecule has 1 aromatic rings. The summed E-state index contributed by atoms with van der Waals surface area (Å²) in [7, 11) is 0. The number of ketones is 1. The van der Waals surface area contributed by atoms with Crippen LogP contribution in [0.5, 0.6) is 0 Å². The maximum Gasteiger partial charge on any atom is 0.411 e.